The average molecular weight is 222 g/mol. The first-order chi connectivity index (χ1) is 7.86. The van der Waals surface area contributed by atoms with Crippen molar-refractivity contribution in [3.63, 3.8) is 0 Å². The third kappa shape index (κ3) is 3.20. The highest BCUT2D eigenvalue weighted by Crippen LogP contribution is 2.09. The SMILES string of the molecule is Nc1ccccc1CNCC1COCCO1. The van der Waals surface area contributed by atoms with Gasteiger partial charge >= 0.3 is 0 Å². The van der Waals surface area contributed by atoms with Crippen LogP contribution in [-0.4, -0.2) is 32.5 Å². The van der Waals surface area contributed by atoms with Crippen LogP contribution in [0.3, 0.4) is 0 Å². The number of hydrogen-bond donors (Lipinski definition) is 2. The molecule has 1 aromatic rings. The molecule has 1 atom stereocenters. The molecule has 2 rings (SSSR count). The quantitative estimate of drug-likeness (QED) is 0.739. The summed E-state index contributed by atoms with van der Waals surface area (Å²) in [5, 5.41) is 3.33. The Kier molecular flexibility index (Phi) is 4.16. The minimum Gasteiger partial charge on any atom is -0.398 e. The van der Waals surface area contributed by atoms with Gasteiger partial charge in [-0.3, -0.25) is 0 Å². The van der Waals surface area contributed by atoms with E-state index < -0.39 is 0 Å². The van der Waals surface area contributed by atoms with Crippen LogP contribution in [0.15, 0.2) is 24.3 Å². The number of anilines is 1. The van der Waals surface area contributed by atoms with E-state index in [1.165, 1.54) is 0 Å². The molecular formula is C12H18N2O2. The third-order valence-electron chi connectivity index (χ3n) is 2.63. The zero-order chi connectivity index (χ0) is 11.2. The minimum absolute atomic E-state index is 0.165. The molecule has 1 heterocycles. The number of nitrogens with two attached hydrogens (primary N) is 1. The number of nitrogens with one attached hydrogen (secondary N) is 1. The van der Waals surface area contributed by atoms with E-state index in [0.717, 1.165) is 24.3 Å². The van der Waals surface area contributed by atoms with Crippen LogP contribution in [0.2, 0.25) is 0 Å². The molecule has 88 valence electrons. The lowest BCUT2D eigenvalue weighted by Gasteiger charge is -2.23. The summed E-state index contributed by atoms with van der Waals surface area (Å²) in [5.41, 5.74) is 7.80. The number of para-hydroxylation sites is 1. The Hall–Kier alpha value is -1.10. The van der Waals surface area contributed by atoms with Crippen LogP contribution in [-0.2, 0) is 16.0 Å². The van der Waals surface area contributed by atoms with Crippen molar-refractivity contribution < 1.29 is 9.47 Å². The second kappa shape index (κ2) is 5.84. The Morgan fingerprint density at radius 3 is 2.94 bits per heavy atom. The van der Waals surface area contributed by atoms with Gasteiger partial charge in [0.1, 0.15) is 0 Å². The van der Waals surface area contributed by atoms with Crippen LogP contribution < -0.4 is 11.1 Å². The van der Waals surface area contributed by atoms with Gasteiger partial charge in [-0.15, -0.1) is 0 Å². The summed E-state index contributed by atoms with van der Waals surface area (Å²) in [5.74, 6) is 0. The van der Waals surface area contributed by atoms with Gasteiger partial charge in [-0.05, 0) is 11.6 Å². The molecule has 1 unspecified atom stereocenters. The van der Waals surface area contributed by atoms with E-state index in [-0.39, 0.29) is 6.10 Å². The van der Waals surface area contributed by atoms with Crippen molar-refractivity contribution in [1.82, 2.24) is 5.32 Å². The fourth-order valence-electron chi connectivity index (χ4n) is 1.72. The van der Waals surface area contributed by atoms with Gasteiger partial charge in [0.25, 0.3) is 0 Å². The molecule has 1 saturated heterocycles. The molecule has 4 heteroatoms. The van der Waals surface area contributed by atoms with E-state index in [1.807, 2.05) is 24.3 Å². The van der Waals surface area contributed by atoms with Crippen molar-refractivity contribution in [3.8, 4) is 0 Å². The molecule has 1 aliphatic rings. The maximum Gasteiger partial charge on any atom is 0.0933 e. The molecular weight excluding hydrogens is 204 g/mol. The summed E-state index contributed by atoms with van der Waals surface area (Å²) >= 11 is 0. The summed E-state index contributed by atoms with van der Waals surface area (Å²) in [7, 11) is 0. The second-order valence-electron chi connectivity index (χ2n) is 3.90. The zero-order valence-electron chi connectivity index (χ0n) is 9.32. The lowest BCUT2D eigenvalue weighted by Crippen LogP contribution is -2.37. The van der Waals surface area contributed by atoms with Crippen molar-refractivity contribution in [2.45, 2.75) is 12.6 Å². The highest BCUT2D eigenvalue weighted by atomic mass is 16.6. The largest absolute Gasteiger partial charge is 0.398 e. The third-order valence-corrected chi connectivity index (χ3v) is 2.63. The highest BCUT2D eigenvalue weighted by molar-refractivity contribution is 5.46. The first-order valence-electron chi connectivity index (χ1n) is 5.59. The van der Waals surface area contributed by atoms with E-state index in [9.17, 15) is 0 Å². The van der Waals surface area contributed by atoms with Gasteiger partial charge in [0.2, 0.25) is 0 Å². The topological polar surface area (TPSA) is 56.5 Å². The molecule has 0 aromatic heterocycles. The van der Waals surface area contributed by atoms with E-state index in [4.69, 9.17) is 15.2 Å². The van der Waals surface area contributed by atoms with Crippen molar-refractivity contribution >= 4 is 5.69 Å². The molecule has 0 radical (unpaired) electrons. The van der Waals surface area contributed by atoms with Crippen molar-refractivity contribution in [3.05, 3.63) is 29.8 Å². The van der Waals surface area contributed by atoms with Gasteiger partial charge in [0.05, 0.1) is 25.9 Å². The standard InChI is InChI=1S/C12H18N2O2/c13-12-4-2-1-3-10(12)7-14-8-11-9-15-5-6-16-11/h1-4,11,14H,5-9,13H2. The number of ether oxygens (including phenoxy) is 2. The average Bonchev–Trinajstić information content (AvgIpc) is 2.33. The van der Waals surface area contributed by atoms with Crippen LogP contribution in [0.1, 0.15) is 5.56 Å². The fourth-order valence-corrected chi connectivity index (χ4v) is 1.72. The molecule has 0 saturated carbocycles. The maximum atomic E-state index is 5.84. The number of benzene rings is 1. The first-order valence-corrected chi connectivity index (χ1v) is 5.59. The Labute approximate surface area is 95.7 Å². The Balaban J connectivity index is 1.73. The smallest absolute Gasteiger partial charge is 0.0933 e. The monoisotopic (exact) mass is 222 g/mol. The molecule has 0 amide bonds. The molecule has 0 bridgehead atoms. The van der Waals surface area contributed by atoms with E-state index in [2.05, 4.69) is 5.32 Å². The first kappa shape index (κ1) is 11.4. The molecule has 3 N–H and O–H groups in total. The summed E-state index contributed by atoms with van der Waals surface area (Å²) in [4.78, 5) is 0. The fraction of sp³-hybridized carbons (Fsp3) is 0.500. The molecule has 1 fully saturated rings. The predicted octanol–water partition coefficient (Wildman–Crippen LogP) is 0.774. The van der Waals surface area contributed by atoms with Crippen LogP contribution in [0.5, 0.6) is 0 Å². The van der Waals surface area contributed by atoms with Crippen molar-refractivity contribution in [2.24, 2.45) is 0 Å². The summed E-state index contributed by atoms with van der Waals surface area (Å²) in [6.45, 7) is 3.65. The normalized spacial score (nSPS) is 20.9. The molecule has 1 aliphatic heterocycles. The Morgan fingerprint density at radius 2 is 2.19 bits per heavy atom. The summed E-state index contributed by atoms with van der Waals surface area (Å²) < 4.78 is 10.8. The molecule has 16 heavy (non-hydrogen) atoms. The minimum atomic E-state index is 0.165. The second-order valence-corrected chi connectivity index (χ2v) is 3.90. The Morgan fingerprint density at radius 1 is 1.31 bits per heavy atom. The summed E-state index contributed by atoms with van der Waals surface area (Å²) in [6.07, 6.45) is 0.165. The lowest BCUT2D eigenvalue weighted by atomic mass is 10.2. The zero-order valence-corrected chi connectivity index (χ0v) is 9.32. The Bertz CT molecular complexity index is 325. The molecule has 0 spiro atoms. The van der Waals surface area contributed by atoms with Gasteiger partial charge in [-0.1, -0.05) is 18.2 Å². The van der Waals surface area contributed by atoms with Gasteiger partial charge in [0.15, 0.2) is 0 Å². The van der Waals surface area contributed by atoms with Crippen LogP contribution in [0.25, 0.3) is 0 Å². The van der Waals surface area contributed by atoms with Gasteiger partial charge in [-0.2, -0.15) is 0 Å². The molecule has 4 nitrogen and oxygen atoms in total. The van der Waals surface area contributed by atoms with Crippen LogP contribution in [0.4, 0.5) is 5.69 Å². The van der Waals surface area contributed by atoms with E-state index in [1.54, 1.807) is 0 Å². The predicted molar refractivity (Wildman–Crippen MR) is 63.1 cm³/mol. The van der Waals surface area contributed by atoms with E-state index >= 15 is 0 Å². The molecule has 0 aliphatic carbocycles. The molecule has 1 aromatic carbocycles. The van der Waals surface area contributed by atoms with Crippen LogP contribution in [0, 0.1) is 0 Å². The highest BCUT2D eigenvalue weighted by Gasteiger charge is 2.13. The summed E-state index contributed by atoms with van der Waals surface area (Å²) in [6, 6.07) is 7.88. The number of rotatable bonds is 4. The maximum absolute atomic E-state index is 5.84. The van der Waals surface area contributed by atoms with Crippen molar-refractivity contribution in [2.75, 3.05) is 32.1 Å². The van der Waals surface area contributed by atoms with Crippen LogP contribution >= 0.6 is 0 Å². The van der Waals surface area contributed by atoms with Crippen molar-refractivity contribution in [1.29, 1.82) is 0 Å². The van der Waals surface area contributed by atoms with Gasteiger partial charge in [0, 0.05) is 18.8 Å². The van der Waals surface area contributed by atoms with Gasteiger partial charge < -0.3 is 20.5 Å². The number of hydrogen-bond acceptors (Lipinski definition) is 4. The van der Waals surface area contributed by atoms with E-state index in [0.29, 0.717) is 19.8 Å². The lowest BCUT2D eigenvalue weighted by molar-refractivity contribution is -0.0864. The number of nitrogen functional groups attached to an aromatic ring is 1. The van der Waals surface area contributed by atoms with Gasteiger partial charge in [-0.25, -0.2) is 0 Å².